The monoisotopic (exact) mass is 247 g/mol. The number of fused-ring (bicyclic) bond motifs is 1. The van der Waals surface area contributed by atoms with E-state index in [4.69, 9.17) is 4.74 Å². The third kappa shape index (κ3) is 1.96. The Morgan fingerprint density at radius 1 is 1.33 bits per heavy atom. The average molecular weight is 247 g/mol. The molecule has 1 fully saturated rings. The van der Waals surface area contributed by atoms with Crippen LogP contribution in [0.25, 0.3) is 5.65 Å². The molecule has 0 saturated carbocycles. The molecular formula is C12H13N3O3. The third-order valence-corrected chi connectivity index (χ3v) is 2.99. The van der Waals surface area contributed by atoms with Crippen molar-refractivity contribution in [1.82, 2.24) is 14.7 Å². The van der Waals surface area contributed by atoms with Gasteiger partial charge in [-0.25, -0.2) is 0 Å². The summed E-state index contributed by atoms with van der Waals surface area (Å²) in [6.07, 6.45) is 1.30. The summed E-state index contributed by atoms with van der Waals surface area (Å²) in [4.78, 5) is 26.3. The molecular weight excluding hydrogens is 234 g/mol. The van der Waals surface area contributed by atoms with Gasteiger partial charge in [0.1, 0.15) is 11.8 Å². The molecule has 2 aromatic rings. The van der Waals surface area contributed by atoms with Gasteiger partial charge in [0, 0.05) is 37.5 Å². The molecule has 1 unspecified atom stereocenters. The smallest absolute Gasteiger partial charge is 0.258 e. The minimum atomic E-state index is -0.174. The maximum Gasteiger partial charge on any atom is 0.258 e. The first-order chi connectivity index (χ1) is 8.74. The van der Waals surface area contributed by atoms with Gasteiger partial charge < -0.3 is 15.0 Å². The molecule has 0 bridgehead atoms. The Bertz CT molecular complexity index is 683. The van der Waals surface area contributed by atoms with Crippen molar-refractivity contribution in [3.8, 4) is 0 Å². The van der Waals surface area contributed by atoms with Gasteiger partial charge in [0.15, 0.2) is 5.43 Å². The molecule has 1 aliphatic rings. The van der Waals surface area contributed by atoms with Gasteiger partial charge in [0.2, 0.25) is 0 Å². The Balaban J connectivity index is 2.13. The maximum absolute atomic E-state index is 11.9. The van der Waals surface area contributed by atoms with Crippen LogP contribution >= 0.6 is 0 Å². The van der Waals surface area contributed by atoms with Crippen LogP contribution in [0.3, 0.4) is 0 Å². The number of rotatable bonds is 1. The maximum atomic E-state index is 11.9. The lowest BCUT2D eigenvalue weighted by molar-refractivity contribution is 0.0250. The minimum Gasteiger partial charge on any atom is -0.369 e. The fraction of sp³-hybridized carbons (Fsp3) is 0.333. The molecule has 3 rings (SSSR count). The van der Waals surface area contributed by atoms with Crippen LogP contribution in [0.4, 0.5) is 0 Å². The fourth-order valence-electron chi connectivity index (χ4n) is 2.09. The molecule has 1 saturated heterocycles. The van der Waals surface area contributed by atoms with Crippen LogP contribution in [0.2, 0.25) is 0 Å². The van der Waals surface area contributed by atoms with Gasteiger partial charge >= 0.3 is 0 Å². The van der Waals surface area contributed by atoms with E-state index in [2.05, 4.69) is 10.3 Å². The molecule has 2 N–H and O–H groups in total. The quantitative estimate of drug-likeness (QED) is 0.722. The zero-order valence-corrected chi connectivity index (χ0v) is 9.68. The predicted octanol–water partition coefficient (Wildman–Crippen LogP) is -0.351. The molecule has 0 radical (unpaired) electrons. The zero-order valence-electron chi connectivity index (χ0n) is 9.68. The Morgan fingerprint density at radius 2 is 2.22 bits per heavy atom. The van der Waals surface area contributed by atoms with Gasteiger partial charge in [0.25, 0.3) is 5.56 Å². The molecule has 94 valence electrons. The van der Waals surface area contributed by atoms with Crippen molar-refractivity contribution in [3.63, 3.8) is 0 Å². The number of aromatic amines is 1. The number of nitrogens with one attached hydrogen (secondary N) is 2. The van der Waals surface area contributed by atoms with Crippen LogP contribution in [-0.2, 0) is 4.74 Å². The Morgan fingerprint density at radius 3 is 3.00 bits per heavy atom. The van der Waals surface area contributed by atoms with Crippen molar-refractivity contribution in [1.29, 1.82) is 0 Å². The van der Waals surface area contributed by atoms with Crippen molar-refractivity contribution in [2.24, 2.45) is 0 Å². The van der Waals surface area contributed by atoms with Crippen molar-refractivity contribution in [2.45, 2.75) is 6.10 Å². The van der Waals surface area contributed by atoms with Crippen molar-refractivity contribution in [3.05, 3.63) is 50.7 Å². The van der Waals surface area contributed by atoms with Crippen LogP contribution < -0.4 is 16.3 Å². The zero-order chi connectivity index (χ0) is 12.5. The highest BCUT2D eigenvalue weighted by Gasteiger charge is 2.17. The molecule has 1 aliphatic heterocycles. The van der Waals surface area contributed by atoms with Gasteiger partial charge in [-0.05, 0) is 0 Å². The van der Waals surface area contributed by atoms with E-state index in [1.165, 1.54) is 28.8 Å². The molecule has 6 nitrogen and oxygen atoms in total. The number of nitrogens with zero attached hydrogens (tertiary/aromatic N) is 1. The van der Waals surface area contributed by atoms with Crippen LogP contribution in [-0.4, -0.2) is 29.1 Å². The van der Waals surface area contributed by atoms with Crippen LogP contribution in [0.5, 0.6) is 0 Å². The first kappa shape index (κ1) is 11.2. The molecule has 1 atom stereocenters. The average Bonchev–Trinajstić information content (AvgIpc) is 2.39. The lowest BCUT2D eigenvalue weighted by Crippen LogP contribution is -2.34. The number of aromatic nitrogens is 2. The third-order valence-electron chi connectivity index (χ3n) is 2.99. The van der Waals surface area contributed by atoms with Crippen molar-refractivity contribution >= 4 is 5.65 Å². The van der Waals surface area contributed by atoms with Gasteiger partial charge in [0.05, 0.1) is 12.3 Å². The highest BCUT2D eigenvalue weighted by Crippen LogP contribution is 2.15. The van der Waals surface area contributed by atoms with E-state index in [0.717, 1.165) is 6.54 Å². The van der Waals surface area contributed by atoms with Crippen molar-refractivity contribution < 1.29 is 4.74 Å². The van der Waals surface area contributed by atoms with E-state index >= 15 is 0 Å². The van der Waals surface area contributed by atoms with Gasteiger partial charge in [-0.1, -0.05) is 0 Å². The second kappa shape index (κ2) is 4.40. The van der Waals surface area contributed by atoms with Crippen LogP contribution in [0.15, 0.2) is 34.0 Å². The normalized spacial score (nSPS) is 20.1. The molecule has 2 aromatic heterocycles. The number of morpholine rings is 1. The Labute approximate surface area is 102 Å². The summed E-state index contributed by atoms with van der Waals surface area (Å²) in [5.41, 5.74) is 0.871. The molecule has 0 amide bonds. The van der Waals surface area contributed by atoms with E-state index in [0.29, 0.717) is 24.5 Å². The second-order valence-corrected chi connectivity index (χ2v) is 4.24. The molecule has 3 heterocycles. The highest BCUT2D eigenvalue weighted by molar-refractivity contribution is 5.38. The van der Waals surface area contributed by atoms with Crippen molar-refractivity contribution in [2.75, 3.05) is 19.7 Å². The summed E-state index contributed by atoms with van der Waals surface area (Å²) < 4.78 is 6.98. The predicted molar refractivity (Wildman–Crippen MR) is 65.9 cm³/mol. The second-order valence-electron chi connectivity index (χ2n) is 4.24. The molecule has 0 spiro atoms. The molecule has 0 aliphatic carbocycles. The number of ether oxygens (including phenoxy) is 1. The minimum absolute atomic E-state index is 0.134. The van der Waals surface area contributed by atoms with Gasteiger partial charge in [-0.2, -0.15) is 0 Å². The summed E-state index contributed by atoms with van der Waals surface area (Å²) in [6, 6.07) is 4.27. The summed E-state index contributed by atoms with van der Waals surface area (Å²) in [5, 5.41) is 3.20. The van der Waals surface area contributed by atoms with E-state index in [1.807, 2.05) is 0 Å². The summed E-state index contributed by atoms with van der Waals surface area (Å²) in [5.74, 6) is 0. The number of H-pyrrole nitrogens is 1. The highest BCUT2D eigenvalue weighted by atomic mass is 16.5. The topological polar surface area (TPSA) is 75.6 Å². The van der Waals surface area contributed by atoms with Crippen LogP contribution in [0.1, 0.15) is 11.8 Å². The lowest BCUT2D eigenvalue weighted by Gasteiger charge is -2.23. The van der Waals surface area contributed by atoms with E-state index in [-0.39, 0.29) is 17.1 Å². The van der Waals surface area contributed by atoms with Gasteiger partial charge in [-0.15, -0.1) is 0 Å². The van der Waals surface area contributed by atoms with E-state index in [9.17, 15) is 9.59 Å². The van der Waals surface area contributed by atoms with E-state index < -0.39 is 0 Å². The standard InChI is InChI=1S/C12H13N3O3/c16-8-1-3-15-11(5-8)14-9(6-12(15)17)10-7-13-2-4-18-10/h1,3,5-6,10,13-14H,2,4,7H2. The van der Waals surface area contributed by atoms with Crippen LogP contribution in [0, 0.1) is 0 Å². The largest absolute Gasteiger partial charge is 0.369 e. The van der Waals surface area contributed by atoms with E-state index in [1.54, 1.807) is 0 Å². The first-order valence-corrected chi connectivity index (χ1v) is 5.82. The lowest BCUT2D eigenvalue weighted by atomic mass is 10.2. The number of hydrogen-bond donors (Lipinski definition) is 2. The molecule has 18 heavy (non-hydrogen) atoms. The first-order valence-electron chi connectivity index (χ1n) is 5.82. The fourth-order valence-corrected chi connectivity index (χ4v) is 2.09. The van der Waals surface area contributed by atoms with Gasteiger partial charge in [-0.3, -0.25) is 14.0 Å². The summed E-state index contributed by atoms with van der Waals surface area (Å²) in [7, 11) is 0. The summed E-state index contributed by atoms with van der Waals surface area (Å²) >= 11 is 0. The number of hydrogen-bond acceptors (Lipinski definition) is 4. The molecule has 0 aromatic carbocycles. The Hall–Kier alpha value is -1.92. The molecule has 6 heteroatoms. The SMILES string of the molecule is O=c1ccn2c(=O)cc(C3CNCCO3)[nH]c2c1. The Kier molecular flexibility index (Phi) is 2.73. The number of pyridine rings is 1. The summed E-state index contributed by atoms with van der Waals surface area (Å²) in [6.45, 7) is 2.08.